The van der Waals surface area contributed by atoms with E-state index in [9.17, 15) is 9.18 Å². The number of rotatable bonds is 4. The van der Waals surface area contributed by atoms with Gasteiger partial charge < -0.3 is 14.5 Å². The molecule has 3 aliphatic rings. The predicted molar refractivity (Wildman–Crippen MR) is 134 cm³/mol. The maximum absolute atomic E-state index is 14.3. The summed E-state index contributed by atoms with van der Waals surface area (Å²) in [4.78, 5) is 23.2. The number of hydrogen-bond donors (Lipinski definition) is 0. The fourth-order valence-electron chi connectivity index (χ4n) is 6.29. The monoisotopic (exact) mass is 493 g/mol. The Morgan fingerprint density at radius 1 is 1.19 bits per heavy atom. The van der Waals surface area contributed by atoms with Crippen LogP contribution in [0.15, 0.2) is 30.5 Å². The van der Waals surface area contributed by atoms with Crippen LogP contribution in [0.2, 0.25) is 0 Å². The molecule has 1 amide bonds. The molecule has 2 aromatic heterocycles. The Morgan fingerprint density at radius 2 is 2.00 bits per heavy atom. The van der Waals surface area contributed by atoms with Crippen LogP contribution in [0.4, 0.5) is 15.0 Å². The van der Waals surface area contributed by atoms with E-state index in [0.29, 0.717) is 12.6 Å². The molecule has 36 heavy (non-hydrogen) atoms. The van der Waals surface area contributed by atoms with Crippen LogP contribution in [0, 0.1) is 11.2 Å². The van der Waals surface area contributed by atoms with Crippen molar-refractivity contribution < 1.29 is 13.9 Å². The Labute approximate surface area is 209 Å². The van der Waals surface area contributed by atoms with Crippen LogP contribution >= 0.6 is 0 Å². The standard InChI is InChI=1S/C26H32FN7O2/c1-3-36-25(35)34-16-26(17-34)7-6-20(14-26)32-8-10-33(11-9-32)24-21(13-19(27)15-28-24)18-4-5-23-22(12-18)29-30-31(23)2/h4-5,12-13,15,20H,3,6-11,14,16-17H2,1-2H3. The molecule has 0 radical (unpaired) electrons. The van der Waals surface area contributed by atoms with Crippen LogP contribution in [0.1, 0.15) is 26.2 Å². The van der Waals surface area contributed by atoms with Crippen LogP contribution in [-0.2, 0) is 11.8 Å². The number of aromatic nitrogens is 4. The molecular formula is C26H32FN7O2. The van der Waals surface area contributed by atoms with Gasteiger partial charge in [-0.3, -0.25) is 4.90 Å². The number of likely N-dealkylation sites (tertiary alicyclic amines) is 1. The van der Waals surface area contributed by atoms with Gasteiger partial charge in [0.05, 0.1) is 18.3 Å². The molecule has 3 fully saturated rings. The first-order chi connectivity index (χ1) is 17.4. The van der Waals surface area contributed by atoms with Crippen LogP contribution < -0.4 is 4.90 Å². The summed E-state index contributed by atoms with van der Waals surface area (Å²) in [5.74, 6) is 0.464. The summed E-state index contributed by atoms with van der Waals surface area (Å²) < 4.78 is 21.1. The summed E-state index contributed by atoms with van der Waals surface area (Å²) in [5, 5.41) is 8.30. The molecule has 190 valence electrons. The molecule has 2 aliphatic heterocycles. The van der Waals surface area contributed by atoms with Crippen molar-refractivity contribution in [1.29, 1.82) is 0 Å². The fourth-order valence-corrected chi connectivity index (χ4v) is 6.29. The number of amides is 1. The van der Waals surface area contributed by atoms with Gasteiger partial charge in [0.2, 0.25) is 0 Å². The molecule has 4 heterocycles. The number of fused-ring (bicyclic) bond motifs is 1. The molecule has 1 spiro atoms. The third-order valence-corrected chi connectivity index (χ3v) is 8.14. The van der Waals surface area contributed by atoms with Gasteiger partial charge in [0.25, 0.3) is 0 Å². The maximum Gasteiger partial charge on any atom is 0.409 e. The van der Waals surface area contributed by atoms with E-state index in [2.05, 4.69) is 25.1 Å². The van der Waals surface area contributed by atoms with Crippen molar-refractivity contribution in [2.24, 2.45) is 12.5 Å². The van der Waals surface area contributed by atoms with E-state index in [0.717, 1.165) is 73.7 Å². The highest BCUT2D eigenvalue weighted by Gasteiger charge is 2.51. The van der Waals surface area contributed by atoms with E-state index in [4.69, 9.17) is 4.74 Å². The van der Waals surface area contributed by atoms with E-state index in [1.54, 1.807) is 10.7 Å². The third kappa shape index (κ3) is 4.07. The highest BCUT2D eigenvalue weighted by Crippen LogP contribution is 2.47. The van der Waals surface area contributed by atoms with Gasteiger partial charge in [0.1, 0.15) is 17.2 Å². The van der Waals surface area contributed by atoms with Gasteiger partial charge in [-0.2, -0.15) is 0 Å². The number of carbonyl (C=O) groups excluding carboxylic acids is 1. The van der Waals surface area contributed by atoms with Gasteiger partial charge in [0, 0.05) is 63.3 Å². The van der Waals surface area contributed by atoms with Crippen molar-refractivity contribution in [3.63, 3.8) is 0 Å². The molecule has 9 nitrogen and oxygen atoms in total. The number of pyridine rings is 1. The first-order valence-electron chi connectivity index (χ1n) is 12.8. The topological polar surface area (TPSA) is 79.6 Å². The van der Waals surface area contributed by atoms with Crippen molar-refractivity contribution in [1.82, 2.24) is 29.8 Å². The average Bonchev–Trinajstić information content (AvgIpc) is 3.48. The molecular weight excluding hydrogens is 461 g/mol. The Morgan fingerprint density at radius 3 is 2.78 bits per heavy atom. The predicted octanol–water partition coefficient (Wildman–Crippen LogP) is 3.30. The summed E-state index contributed by atoms with van der Waals surface area (Å²) in [7, 11) is 1.86. The van der Waals surface area contributed by atoms with Crippen LogP contribution in [0.5, 0.6) is 0 Å². The van der Waals surface area contributed by atoms with Crippen molar-refractivity contribution in [2.75, 3.05) is 50.8 Å². The minimum absolute atomic E-state index is 0.179. The van der Waals surface area contributed by atoms with Crippen LogP contribution in [0.3, 0.4) is 0 Å². The van der Waals surface area contributed by atoms with Crippen molar-refractivity contribution in [2.45, 2.75) is 32.2 Å². The van der Waals surface area contributed by atoms with Gasteiger partial charge in [-0.05, 0) is 49.9 Å². The SMILES string of the molecule is CCOC(=O)N1CC2(CCC(N3CCN(c4ncc(F)cc4-c4ccc5c(c4)nnn5C)CC3)C2)C1. The van der Waals surface area contributed by atoms with Gasteiger partial charge in [-0.15, -0.1) is 5.10 Å². The van der Waals surface area contributed by atoms with E-state index in [-0.39, 0.29) is 17.3 Å². The van der Waals surface area contributed by atoms with Gasteiger partial charge in [-0.25, -0.2) is 18.9 Å². The van der Waals surface area contributed by atoms with Crippen LogP contribution in [0.25, 0.3) is 22.2 Å². The second-order valence-electron chi connectivity index (χ2n) is 10.4. The number of aryl methyl sites for hydroxylation is 1. The summed E-state index contributed by atoms with van der Waals surface area (Å²) >= 11 is 0. The second-order valence-corrected chi connectivity index (χ2v) is 10.4. The molecule has 6 rings (SSSR count). The molecule has 1 saturated carbocycles. The molecule has 2 saturated heterocycles. The molecule has 1 atom stereocenters. The number of carbonyl (C=O) groups is 1. The Balaban J connectivity index is 1.12. The summed E-state index contributed by atoms with van der Waals surface area (Å²) in [6.45, 7) is 7.50. The number of anilines is 1. The summed E-state index contributed by atoms with van der Waals surface area (Å²) in [6.07, 6.45) is 4.61. The first-order valence-corrected chi connectivity index (χ1v) is 12.8. The maximum atomic E-state index is 14.3. The van der Waals surface area contributed by atoms with Crippen LogP contribution in [-0.4, -0.2) is 87.8 Å². The second kappa shape index (κ2) is 8.99. The number of piperazine rings is 1. The largest absolute Gasteiger partial charge is 0.450 e. The normalized spacial score (nSPS) is 21.8. The van der Waals surface area contributed by atoms with E-state index in [1.165, 1.54) is 19.0 Å². The quantitative estimate of drug-likeness (QED) is 0.552. The molecule has 3 aromatic rings. The Bertz CT molecular complexity index is 1280. The number of halogens is 1. The van der Waals surface area contributed by atoms with Crippen molar-refractivity contribution in [3.8, 4) is 11.1 Å². The minimum Gasteiger partial charge on any atom is -0.450 e. The smallest absolute Gasteiger partial charge is 0.409 e. The van der Waals surface area contributed by atoms with Gasteiger partial charge in [0.15, 0.2) is 0 Å². The molecule has 1 unspecified atom stereocenters. The highest BCUT2D eigenvalue weighted by molar-refractivity contribution is 5.85. The van der Waals surface area contributed by atoms with Gasteiger partial charge >= 0.3 is 6.09 Å². The number of nitrogens with zero attached hydrogens (tertiary/aromatic N) is 7. The molecule has 10 heteroatoms. The fraction of sp³-hybridized carbons (Fsp3) is 0.538. The lowest BCUT2D eigenvalue weighted by Gasteiger charge is -2.48. The lowest BCUT2D eigenvalue weighted by molar-refractivity contribution is -0.00294. The lowest BCUT2D eigenvalue weighted by atomic mass is 9.78. The highest BCUT2D eigenvalue weighted by atomic mass is 19.1. The van der Waals surface area contributed by atoms with E-state index in [1.807, 2.05) is 37.1 Å². The first kappa shape index (κ1) is 23.1. The lowest BCUT2D eigenvalue weighted by Crippen LogP contribution is -2.58. The minimum atomic E-state index is -0.347. The average molecular weight is 494 g/mol. The zero-order chi connectivity index (χ0) is 24.9. The molecule has 1 aliphatic carbocycles. The Kier molecular flexibility index (Phi) is 5.78. The number of hydrogen-bond acceptors (Lipinski definition) is 7. The van der Waals surface area contributed by atoms with E-state index >= 15 is 0 Å². The summed E-state index contributed by atoms with van der Waals surface area (Å²) in [6, 6.07) is 8.03. The molecule has 0 N–H and O–H groups in total. The number of ether oxygens (including phenoxy) is 1. The molecule has 0 bridgehead atoms. The van der Waals surface area contributed by atoms with Crippen molar-refractivity contribution in [3.05, 3.63) is 36.3 Å². The van der Waals surface area contributed by atoms with Crippen molar-refractivity contribution >= 4 is 22.9 Å². The summed E-state index contributed by atoms with van der Waals surface area (Å²) in [5.41, 5.74) is 3.65. The molecule has 1 aromatic carbocycles. The zero-order valence-corrected chi connectivity index (χ0v) is 20.9. The third-order valence-electron chi connectivity index (χ3n) is 8.14. The zero-order valence-electron chi connectivity index (χ0n) is 20.9. The van der Waals surface area contributed by atoms with E-state index < -0.39 is 0 Å². The van der Waals surface area contributed by atoms with Gasteiger partial charge in [-0.1, -0.05) is 11.3 Å². The Hall–Kier alpha value is -3.27. The number of benzene rings is 1.